The lowest BCUT2D eigenvalue weighted by molar-refractivity contribution is 0.0996. The number of aromatic hydroxyl groups is 1. The van der Waals surface area contributed by atoms with Crippen LogP contribution < -0.4 is 10.5 Å². The summed E-state index contributed by atoms with van der Waals surface area (Å²) < 4.78 is 18.9. The zero-order valence-corrected chi connectivity index (χ0v) is 13.3. The molecule has 3 aromatic rings. The molecule has 26 heavy (non-hydrogen) atoms. The summed E-state index contributed by atoms with van der Waals surface area (Å²) >= 11 is 0. The molecule has 3 N–H and O–H groups in total. The summed E-state index contributed by atoms with van der Waals surface area (Å²) in [5.74, 6) is -1.81. The van der Waals surface area contributed by atoms with E-state index < -0.39 is 11.9 Å². The highest BCUT2D eigenvalue weighted by Crippen LogP contribution is 2.34. The molecule has 0 spiro atoms. The van der Waals surface area contributed by atoms with Crippen molar-refractivity contribution >= 4 is 12.2 Å². The van der Waals surface area contributed by atoms with E-state index in [0.29, 0.717) is 17.4 Å². The van der Waals surface area contributed by atoms with E-state index in [2.05, 4.69) is 4.98 Å². The highest BCUT2D eigenvalue weighted by atomic mass is 19.1. The van der Waals surface area contributed by atoms with Crippen molar-refractivity contribution in [2.24, 2.45) is 5.73 Å². The Hall–Kier alpha value is -3.74. The number of aldehydes is 1. The van der Waals surface area contributed by atoms with Crippen molar-refractivity contribution in [3.8, 4) is 28.5 Å². The molecule has 6 nitrogen and oxygen atoms in total. The van der Waals surface area contributed by atoms with Gasteiger partial charge in [0.05, 0.1) is 5.56 Å². The molecule has 7 heteroatoms. The summed E-state index contributed by atoms with van der Waals surface area (Å²) in [7, 11) is 0. The fraction of sp³-hybridized carbons (Fsp3) is 0. The predicted molar refractivity (Wildman–Crippen MR) is 91.7 cm³/mol. The summed E-state index contributed by atoms with van der Waals surface area (Å²) in [5, 5.41) is 10.2. The minimum atomic E-state index is -0.822. The number of primary amides is 1. The number of nitrogens with zero attached hydrogens (tertiary/aromatic N) is 1. The van der Waals surface area contributed by atoms with Gasteiger partial charge in [0.2, 0.25) is 11.8 Å². The van der Waals surface area contributed by atoms with Crippen LogP contribution in [0.5, 0.6) is 17.4 Å². The maximum atomic E-state index is 13.4. The minimum Gasteiger partial charge on any atom is -0.507 e. The number of pyridine rings is 1. The van der Waals surface area contributed by atoms with Gasteiger partial charge in [-0.1, -0.05) is 24.3 Å². The van der Waals surface area contributed by atoms with Crippen LogP contribution in [-0.4, -0.2) is 22.3 Å². The Labute approximate surface area is 147 Å². The molecule has 1 amide bonds. The molecule has 0 aliphatic carbocycles. The Morgan fingerprint density at radius 1 is 1.15 bits per heavy atom. The van der Waals surface area contributed by atoms with Gasteiger partial charge in [-0.15, -0.1) is 0 Å². The summed E-state index contributed by atoms with van der Waals surface area (Å²) in [5.41, 5.74) is 6.30. The Morgan fingerprint density at radius 2 is 1.92 bits per heavy atom. The van der Waals surface area contributed by atoms with Crippen LogP contribution in [0.25, 0.3) is 11.1 Å². The molecule has 0 unspecified atom stereocenters. The van der Waals surface area contributed by atoms with Crippen molar-refractivity contribution < 1.29 is 23.8 Å². The SMILES string of the molecule is NC(=O)c1ccc(F)nc1Oc1cccc(-c2cccc(C=O)c2O)c1. The van der Waals surface area contributed by atoms with E-state index in [1.165, 1.54) is 12.1 Å². The lowest BCUT2D eigenvalue weighted by Gasteiger charge is -2.11. The fourth-order valence-corrected chi connectivity index (χ4v) is 2.41. The fourth-order valence-electron chi connectivity index (χ4n) is 2.41. The molecule has 0 bridgehead atoms. The van der Waals surface area contributed by atoms with Crippen LogP contribution in [0.2, 0.25) is 0 Å². The summed E-state index contributed by atoms with van der Waals surface area (Å²) in [6.07, 6.45) is 0.551. The molecule has 0 aliphatic heterocycles. The second-order valence-corrected chi connectivity index (χ2v) is 5.34. The van der Waals surface area contributed by atoms with Gasteiger partial charge in [-0.25, -0.2) is 0 Å². The Morgan fingerprint density at radius 3 is 2.65 bits per heavy atom. The standard InChI is InChI=1S/C19H13FN2O4/c20-16-8-7-15(18(21)25)19(22-16)26-13-5-1-3-11(9-13)14-6-2-4-12(10-23)17(14)24/h1-10,24H,(H2,21,25). The second-order valence-electron chi connectivity index (χ2n) is 5.34. The van der Waals surface area contributed by atoms with E-state index in [0.717, 1.165) is 6.07 Å². The number of carbonyl (C=O) groups is 2. The number of amides is 1. The van der Waals surface area contributed by atoms with Crippen LogP contribution >= 0.6 is 0 Å². The third kappa shape index (κ3) is 3.36. The molecule has 130 valence electrons. The second kappa shape index (κ2) is 7.02. The van der Waals surface area contributed by atoms with Crippen LogP contribution in [0.1, 0.15) is 20.7 Å². The number of hydrogen-bond donors (Lipinski definition) is 2. The van der Waals surface area contributed by atoms with Gasteiger partial charge in [0.15, 0.2) is 6.29 Å². The van der Waals surface area contributed by atoms with Gasteiger partial charge in [-0.3, -0.25) is 9.59 Å². The first-order valence-corrected chi connectivity index (χ1v) is 7.51. The van der Waals surface area contributed by atoms with E-state index in [9.17, 15) is 19.1 Å². The number of nitrogens with two attached hydrogens (primary N) is 1. The number of ether oxygens (including phenoxy) is 1. The number of phenols is 1. The molecule has 0 atom stereocenters. The van der Waals surface area contributed by atoms with Gasteiger partial charge in [-0.05, 0) is 35.9 Å². The Balaban J connectivity index is 2.01. The number of benzene rings is 2. The molecule has 0 fully saturated rings. The Kier molecular flexibility index (Phi) is 4.62. The van der Waals surface area contributed by atoms with Crippen LogP contribution in [-0.2, 0) is 0 Å². The number of phenolic OH excluding ortho intramolecular Hbond substituents is 1. The molecule has 3 rings (SSSR count). The maximum absolute atomic E-state index is 13.4. The summed E-state index contributed by atoms with van der Waals surface area (Å²) in [4.78, 5) is 26.0. The normalized spacial score (nSPS) is 10.3. The van der Waals surface area contributed by atoms with Crippen molar-refractivity contribution in [3.63, 3.8) is 0 Å². The molecular weight excluding hydrogens is 339 g/mol. The predicted octanol–water partition coefficient (Wildman–Crippen LogP) is 3.30. The van der Waals surface area contributed by atoms with Crippen molar-refractivity contribution in [2.75, 3.05) is 0 Å². The number of hydrogen-bond acceptors (Lipinski definition) is 5. The van der Waals surface area contributed by atoms with E-state index in [-0.39, 0.29) is 28.5 Å². The number of halogens is 1. The van der Waals surface area contributed by atoms with Crippen LogP contribution in [0.4, 0.5) is 4.39 Å². The topological polar surface area (TPSA) is 103 Å². The number of para-hydroxylation sites is 1. The van der Waals surface area contributed by atoms with E-state index in [1.54, 1.807) is 36.4 Å². The zero-order chi connectivity index (χ0) is 18.7. The van der Waals surface area contributed by atoms with Gasteiger partial charge in [0.1, 0.15) is 17.1 Å². The molecule has 0 saturated carbocycles. The Bertz CT molecular complexity index is 1000. The van der Waals surface area contributed by atoms with Crippen LogP contribution in [0.3, 0.4) is 0 Å². The quantitative estimate of drug-likeness (QED) is 0.542. The average molecular weight is 352 g/mol. The first-order valence-electron chi connectivity index (χ1n) is 7.51. The van der Waals surface area contributed by atoms with Crippen molar-refractivity contribution in [1.29, 1.82) is 0 Å². The van der Waals surface area contributed by atoms with E-state index in [4.69, 9.17) is 10.5 Å². The van der Waals surface area contributed by atoms with Crippen molar-refractivity contribution in [2.45, 2.75) is 0 Å². The molecule has 2 aromatic carbocycles. The molecule has 0 saturated heterocycles. The first kappa shape index (κ1) is 17.1. The van der Waals surface area contributed by atoms with E-state index in [1.807, 2.05) is 0 Å². The molecular formula is C19H13FN2O4. The van der Waals surface area contributed by atoms with E-state index >= 15 is 0 Å². The van der Waals surface area contributed by atoms with Gasteiger partial charge >= 0.3 is 0 Å². The third-order valence-electron chi connectivity index (χ3n) is 3.65. The molecule has 0 aliphatic rings. The smallest absolute Gasteiger partial charge is 0.254 e. The maximum Gasteiger partial charge on any atom is 0.254 e. The third-order valence-corrected chi connectivity index (χ3v) is 3.65. The summed E-state index contributed by atoms with van der Waals surface area (Å²) in [6.45, 7) is 0. The first-order chi connectivity index (χ1) is 12.5. The average Bonchev–Trinajstić information content (AvgIpc) is 2.62. The van der Waals surface area contributed by atoms with Crippen LogP contribution in [0, 0.1) is 5.95 Å². The lowest BCUT2D eigenvalue weighted by atomic mass is 10.0. The minimum absolute atomic E-state index is 0.0670. The number of carbonyl (C=O) groups excluding carboxylic acids is 2. The number of aromatic nitrogens is 1. The molecule has 1 heterocycles. The monoisotopic (exact) mass is 352 g/mol. The number of rotatable bonds is 5. The molecule has 1 aromatic heterocycles. The zero-order valence-electron chi connectivity index (χ0n) is 13.3. The van der Waals surface area contributed by atoms with Gasteiger partial charge < -0.3 is 15.6 Å². The largest absolute Gasteiger partial charge is 0.507 e. The highest BCUT2D eigenvalue weighted by molar-refractivity contribution is 5.95. The highest BCUT2D eigenvalue weighted by Gasteiger charge is 2.14. The van der Waals surface area contributed by atoms with Gasteiger partial charge in [-0.2, -0.15) is 9.37 Å². The van der Waals surface area contributed by atoms with Gasteiger partial charge in [0.25, 0.3) is 5.91 Å². The van der Waals surface area contributed by atoms with Gasteiger partial charge in [0, 0.05) is 5.56 Å². The summed E-state index contributed by atoms with van der Waals surface area (Å²) in [6, 6.07) is 13.4. The lowest BCUT2D eigenvalue weighted by Crippen LogP contribution is -2.13. The van der Waals surface area contributed by atoms with Crippen molar-refractivity contribution in [3.05, 3.63) is 71.7 Å². The van der Waals surface area contributed by atoms with Crippen LogP contribution in [0.15, 0.2) is 54.6 Å². The molecule has 0 radical (unpaired) electrons. The van der Waals surface area contributed by atoms with Crippen molar-refractivity contribution in [1.82, 2.24) is 4.98 Å².